The van der Waals surface area contributed by atoms with Crippen LogP contribution in [-0.4, -0.2) is 17.1 Å². The van der Waals surface area contributed by atoms with E-state index in [0.29, 0.717) is 16.6 Å². The van der Waals surface area contributed by atoms with Crippen molar-refractivity contribution < 1.29 is 17.9 Å². The average Bonchev–Trinajstić information content (AvgIpc) is 2.35. The van der Waals surface area contributed by atoms with Crippen LogP contribution >= 0.6 is 15.9 Å². The van der Waals surface area contributed by atoms with Gasteiger partial charge in [0, 0.05) is 12.1 Å². The van der Waals surface area contributed by atoms with E-state index in [1.54, 1.807) is 0 Å². The third-order valence-corrected chi connectivity index (χ3v) is 2.69. The van der Waals surface area contributed by atoms with E-state index in [-0.39, 0.29) is 11.8 Å². The molecule has 8 heteroatoms. The molecule has 0 radical (unpaired) electrons. The molecular formula is C11H7BrF3N3O. The minimum Gasteiger partial charge on any atom is -0.480 e. The predicted octanol–water partition coefficient (Wildman–Crippen LogP) is 3.41. The van der Waals surface area contributed by atoms with Crippen LogP contribution in [-0.2, 0) is 0 Å². The summed E-state index contributed by atoms with van der Waals surface area (Å²) in [6.45, 7) is 0. The van der Waals surface area contributed by atoms with E-state index < -0.39 is 23.1 Å². The van der Waals surface area contributed by atoms with E-state index in [4.69, 9.17) is 4.74 Å². The highest BCUT2D eigenvalue weighted by Crippen LogP contribution is 2.26. The van der Waals surface area contributed by atoms with Crippen LogP contribution in [0, 0.1) is 17.5 Å². The summed E-state index contributed by atoms with van der Waals surface area (Å²) in [5.41, 5.74) is -0.536. The summed E-state index contributed by atoms with van der Waals surface area (Å²) in [6.07, 6.45) is 1.35. The molecule has 0 atom stereocenters. The first-order valence-electron chi connectivity index (χ1n) is 4.99. The van der Waals surface area contributed by atoms with E-state index in [1.807, 2.05) is 0 Å². The molecule has 0 spiro atoms. The van der Waals surface area contributed by atoms with Gasteiger partial charge in [-0.1, -0.05) is 0 Å². The van der Waals surface area contributed by atoms with Crippen LogP contribution < -0.4 is 10.1 Å². The zero-order chi connectivity index (χ0) is 14.0. The van der Waals surface area contributed by atoms with Gasteiger partial charge in [0.25, 0.3) is 0 Å². The summed E-state index contributed by atoms with van der Waals surface area (Å²) in [4.78, 5) is 7.68. The van der Waals surface area contributed by atoms with E-state index >= 15 is 0 Å². The molecule has 0 unspecified atom stereocenters. The lowest BCUT2D eigenvalue weighted by Crippen LogP contribution is -2.03. The Kier molecular flexibility index (Phi) is 3.89. The fraction of sp³-hybridized carbons (Fsp3) is 0.0909. The highest BCUT2D eigenvalue weighted by Gasteiger charge is 2.13. The predicted molar refractivity (Wildman–Crippen MR) is 65.9 cm³/mol. The van der Waals surface area contributed by atoms with Crippen molar-refractivity contribution >= 4 is 27.6 Å². The molecule has 2 rings (SSSR count). The molecule has 0 bridgehead atoms. The van der Waals surface area contributed by atoms with Crippen molar-refractivity contribution in [2.45, 2.75) is 0 Å². The number of hydrogen-bond donors (Lipinski definition) is 1. The Balaban J connectivity index is 2.36. The van der Waals surface area contributed by atoms with Crippen LogP contribution in [0.1, 0.15) is 0 Å². The Morgan fingerprint density at radius 1 is 1.21 bits per heavy atom. The van der Waals surface area contributed by atoms with Gasteiger partial charge >= 0.3 is 0 Å². The lowest BCUT2D eigenvalue weighted by Gasteiger charge is -2.09. The molecule has 19 heavy (non-hydrogen) atoms. The van der Waals surface area contributed by atoms with Gasteiger partial charge in [-0.25, -0.2) is 18.2 Å². The van der Waals surface area contributed by atoms with Crippen molar-refractivity contribution in [3.8, 4) is 5.88 Å². The number of benzene rings is 1. The molecule has 0 saturated carbocycles. The largest absolute Gasteiger partial charge is 0.480 e. The Bertz CT molecular complexity index is 601. The van der Waals surface area contributed by atoms with Gasteiger partial charge in [-0.2, -0.15) is 4.98 Å². The Hall–Kier alpha value is -1.83. The summed E-state index contributed by atoms with van der Waals surface area (Å²) in [5.74, 6) is -3.05. The van der Waals surface area contributed by atoms with E-state index in [0.717, 1.165) is 0 Å². The topological polar surface area (TPSA) is 47.0 Å². The van der Waals surface area contributed by atoms with E-state index in [9.17, 15) is 13.2 Å². The fourth-order valence-electron chi connectivity index (χ4n) is 1.33. The molecular weight excluding hydrogens is 327 g/mol. The number of nitrogens with zero attached hydrogens (tertiary/aromatic N) is 2. The van der Waals surface area contributed by atoms with Crippen molar-refractivity contribution in [2.75, 3.05) is 12.4 Å². The third-order valence-electron chi connectivity index (χ3n) is 2.15. The van der Waals surface area contributed by atoms with Gasteiger partial charge in [-0.15, -0.1) is 0 Å². The summed E-state index contributed by atoms with van der Waals surface area (Å²) in [7, 11) is 1.38. The maximum Gasteiger partial charge on any atom is 0.232 e. The highest BCUT2D eigenvalue weighted by atomic mass is 79.9. The normalized spacial score (nSPS) is 10.4. The molecule has 2 aromatic rings. The van der Waals surface area contributed by atoms with Crippen LogP contribution in [0.5, 0.6) is 5.88 Å². The van der Waals surface area contributed by atoms with Gasteiger partial charge in [0.05, 0.1) is 17.8 Å². The number of aromatic nitrogens is 2. The summed E-state index contributed by atoms with van der Waals surface area (Å²) >= 11 is 3.14. The summed E-state index contributed by atoms with van der Waals surface area (Å²) in [5, 5.41) is 2.33. The second kappa shape index (κ2) is 5.43. The van der Waals surface area contributed by atoms with Crippen LogP contribution in [0.4, 0.5) is 24.8 Å². The minimum absolute atomic E-state index is 0.0792. The molecule has 4 nitrogen and oxygen atoms in total. The molecule has 0 aliphatic rings. The number of methoxy groups -OCH3 is 1. The van der Waals surface area contributed by atoms with Crippen molar-refractivity contribution in [1.82, 2.24) is 9.97 Å². The summed E-state index contributed by atoms with van der Waals surface area (Å²) in [6, 6.07) is 1.11. The minimum atomic E-state index is -1.08. The fourth-order valence-corrected chi connectivity index (χ4v) is 1.68. The molecule has 0 saturated heterocycles. The number of ether oxygens (including phenoxy) is 1. The average molecular weight is 334 g/mol. The summed E-state index contributed by atoms with van der Waals surface area (Å²) < 4.78 is 45.0. The van der Waals surface area contributed by atoms with Crippen molar-refractivity contribution in [3.63, 3.8) is 0 Å². The molecule has 100 valence electrons. The molecule has 1 N–H and O–H groups in total. The molecule has 0 fully saturated rings. The van der Waals surface area contributed by atoms with Gasteiger partial charge < -0.3 is 10.1 Å². The van der Waals surface area contributed by atoms with Crippen LogP contribution in [0.3, 0.4) is 0 Å². The van der Waals surface area contributed by atoms with Crippen molar-refractivity contribution in [1.29, 1.82) is 0 Å². The Labute approximate surface area is 114 Å². The van der Waals surface area contributed by atoms with Gasteiger partial charge in [0.1, 0.15) is 11.5 Å². The molecule has 0 aliphatic carbocycles. The van der Waals surface area contributed by atoms with Crippen LogP contribution in [0.25, 0.3) is 0 Å². The smallest absolute Gasteiger partial charge is 0.232 e. The van der Waals surface area contributed by atoms with E-state index in [2.05, 4.69) is 31.2 Å². The second-order valence-electron chi connectivity index (χ2n) is 3.42. The Morgan fingerprint density at radius 3 is 2.42 bits per heavy atom. The SMILES string of the molecule is COc1nc(Nc2c(F)cc(F)cc2F)ncc1Br. The standard InChI is InChI=1S/C11H7BrF3N3O/c1-19-10-6(12)4-16-11(18-10)17-9-7(14)2-5(13)3-8(9)15/h2-4H,1H3,(H,16,17,18). The number of halogens is 4. The van der Waals surface area contributed by atoms with E-state index in [1.165, 1.54) is 13.3 Å². The lowest BCUT2D eigenvalue weighted by molar-refractivity contribution is 0.394. The number of hydrogen-bond acceptors (Lipinski definition) is 4. The first-order valence-corrected chi connectivity index (χ1v) is 5.78. The van der Waals surface area contributed by atoms with Gasteiger partial charge in [0.15, 0.2) is 11.6 Å². The number of nitrogens with one attached hydrogen (secondary N) is 1. The monoisotopic (exact) mass is 333 g/mol. The van der Waals surface area contributed by atoms with Crippen molar-refractivity contribution in [2.24, 2.45) is 0 Å². The van der Waals surface area contributed by atoms with Crippen molar-refractivity contribution in [3.05, 3.63) is 40.3 Å². The quantitative estimate of drug-likeness (QED) is 0.935. The first kappa shape index (κ1) is 13.6. The number of anilines is 2. The molecule has 1 aromatic carbocycles. The maximum absolute atomic E-state index is 13.4. The maximum atomic E-state index is 13.4. The van der Waals surface area contributed by atoms with Crippen LogP contribution in [0.2, 0.25) is 0 Å². The van der Waals surface area contributed by atoms with Crippen LogP contribution in [0.15, 0.2) is 22.8 Å². The lowest BCUT2D eigenvalue weighted by atomic mass is 10.3. The number of rotatable bonds is 3. The van der Waals surface area contributed by atoms with Gasteiger partial charge in [-0.05, 0) is 15.9 Å². The molecule has 0 amide bonds. The third kappa shape index (κ3) is 2.95. The Morgan fingerprint density at radius 2 is 1.84 bits per heavy atom. The van der Waals surface area contributed by atoms with Gasteiger partial charge in [0.2, 0.25) is 11.8 Å². The van der Waals surface area contributed by atoms with Gasteiger partial charge in [-0.3, -0.25) is 0 Å². The first-order chi connectivity index (χ1) is 9.01. The molecule has 1 aromatic heterocycles. The zero-order valence-corrected chi connectivity index (χ0v) is 11.1. The molecule has 1 heterocycles. The second-order valence-corrected chi connectivity index (χ2v) is 4.27. The zero-order valence-electron chi connectivity index (χ0n) is 9.55. The highest BCUT2D eigenvalue weighted by molar-refractivity contribution is 9.10. The molecule has 0 aliphatic heterocycles.